The predicted molar refractivity (Wildman–Crippen MR) is 80.6 cm³/mol. The Kier molecular flexibility index (Phi) is 5.67. The fourth-order valence-corrected chi connectivity index (χ4v) is 2.75. The van der Waals surface area contributed by atoms with Gasteiger partial charge in [-0.3, -0.25) is 14.7 Å². The molecule has 1 aliphatic rings. The van der Waals surface area contributed by atoms with E-state index in [2.05, 4.69) is 22.1 Å². The third kappa shape index (κ3) is 3.58. The van der Waals surface area contributed by atoms with Crippen LogP contribution in [-0.2, 0) is 9.53 Å². The summed E-state index contributed by atoms with van der Waals surface area (Å²) in [4.78, 5) is 18.7. The van der Waals surface area contributed by atoms with Crippen LogP contribution in [0, 0.1) is 0 Å². The highest BCUT2D eigenvalue weighted by Gasteiger charge is 2.37. The molecule has 3 N–H and O–H groups in total. The molecule has 2 rings (SSSR count). The molecule has 0 spiro atoms. The Morgan fingerprint density at radius 1 is 1.62 bits per heavy atom. The molecule has 0 aromatic carbocycles. The molecule has 1 aliphatic heterocycles. The summed E-state index contributed by atoms with van der Waals surface area (Å²) in [5, 5.41) is 2.71. The van der Waals surface area contributed by atoms with E-state index in [4.69, 9.17) is 10.5 Å². The van der Waals surface area contributed by atoms with Gasteiger partial charge in [0, 0.05) is 25.8 Å². The quantitative estimate of drug-likeness (QED) is 0.816. The lowest BCUT2D eigenvalue weighted by Crippen LogP contribution is -2.57. The highest BCUT2D eigenvalue weighted by atomic mass is 16.5. The van der Waals surface area contributed by atoms with Crippen LogP contribution in [0.3, 0.4) is 0 Å². The molecular weight excluding hydrogens is 268 g/mol. The standard InChI is InChI=1S/C15H24N4O2/c1-3-11(16)14(12-6-4-5-7-18-12)19-8-9-21-10-13(19)15(20)17-2/h4-7,11,13-14H,3,8-10,16H2,1-2H3,(H,17,20). The van der Waals surface area contributed by atoms with E-state index in [9.17, 15) is 4.79 Å². The van der Waals surface area contributed by atoms with Crippen LogP contribution in [0.2, 0.25) is 0 Å². The number of amides is 1. The minimum absolute atomic E-state index is 0.0427. The Morgan fingerprint density at radius 2 is 2.43 bits per heavy atom. The van der Waals surface area contributed by atoms with Crippen molar-refractivity contribution in [2.75, 3.05) is 26.8 Å². The average Bonchev–Trinajstić information content (AvgIpc) is 2.55. The third-order valence-corrected chi connectivity index (χ3v) is 3.94. The number of morpholine rings is 1. The highest BCUT2D eigenvalue weighted by molar-refractivity contribution is 5.81. The topological polar surface area (TPSA) is 80.5 Å². The molecule has 6 heteroatoms. The number of nitrogens with zero attached hydrogens (tertiary/aromatic N) is 2. The molecule has 3 atom stereocenters. The van der Waals surface area contributed by atoms with E-state index in [1.54, 1.807) is 13.2 Å². The van der Waals surface area contributed by atoms with Crippen molar-refractivity contribution in [3.05, 3.63) is 30.1 Å². The van der Waals surface area contributed by atoms with Crippen LogP contribution in [0.4, 0.5) is 0 Å². The van der Waals surface area contributed by atoms with Crippen LogP contribution in [0.5, 0.6) is 0 Å². The molecule has 0 saturated carbocycles. The zero-order valence-corrected chi connectivity index (χ0v) is 12.7. The summed E-state index contributed by atoms with van der Waals surface area (Å²) in [5.41, 5.74) is 7.23. The first-order valence-corrected chi connectivity index (χ1v) is 7.40. The first-order valence-electron chi connectivity index (χ1n) is 7.40. The maximum Gasteiger partial charge on any atom is 0.239 e. The van der Waals surface area contributed by atoms with Crippen molar-refractivity contribution in [3.63, 3.8) is 0 Å². The summed E-state index contributed by atoms with van der Waals surface area (Å²) < 4.78 is 5.47. The summed E-state index contributed by atoms with van der Waals surface area (Å²) in [5.74, 6) is -0.0427. The number of likely N-dealkylation sites (N-methyl/N-ethyl adjacent to an activating group) is 1. The molecule has 0 radical (unpaired) electrons. The number of aromatic nitrogens is 1. The van der Waals surface area contributed by atoms with Crippen LogP contribution >= 0.6 is 0 Å². The van der Waals surface area contributed by atoms with Gasteiger partial charge >= 0.3 is 0 Å². The fraction of sp³-hybridized carbons (Fsp3) is 0.600. The maximum atomic E-state index is 12.1. The van der Waals surface area contributed by atoms with Gasteiger partial charge in [-0.15, -0.1) is 0 Å². The molecular formula is C15H24N4O2. The number of carbonyl (C=O) groups is 1. The molecule has 1 amide bonds. The van der Waals surface area contributed by atoms with Gasteiger partial charge in [-0.1, -0.05) is 13.0 Å². The van der Waals surface area contributed by atoms with E-state index in [0.29, 0.717) is 19.8 Å². The molecule has 2 heterocycles. The molecule has 3 unspecified atom stereocenters. The zero-order chi connectivity index (χ0) is 15.2. The van der Waals surface area contributed by atoms with Crippen molar-refractivity contribution < 1.29 is 9.53 Å². The van der Waals surface area contributed by atoms with Crippen molar-refractivity contribution in [3.8, 4) is 0 Å². The van der Waals surface area contributed by atoms with Gasteiger partial charge in [-0.25, -0.2) is 0 Å². The first kappa shape index (κ1) is 15.9. The Morgan fingerprint density at radius 3 is 3.05 bits per heavy atom. The number of hydrogen-bond donors (Lipinski definition) is 2. The predicted octanol–water partition coefficient (Wildman–Crippen LogP) is 0.307. The lowest BCUT2D eigenvalue weighted by molar-refractivity contribution is -0.134. The summed E-state index contributed by atoms with van der Waals surface area (Å²) >= 11 is 0. The number of carbonyl (C=O) groups excluding carboxylic acids is 1. The van der Waals surface area contributed by atoms with Crippen LogP contribution in [0.25, 0.3) is 0 Å². The second-order valence-electron chi connectivity index (χ2n) is 5.21. The van der Waals surface area contributed by atoms with Gasteiger partial charge in [-0.05, 0) is 18.6 Å². The van der Waals surface area contributed by atoms with E-state index in [-0.39, 0.29) is 24.0 Å². The van der Waals surface area contributed by atoms with E-state index in [0.717, 1.165) is 12.1 Å². The van der Waals surface area contributed by atoms with Gasteiger partial charge in [0.2, 0.25) is 5.91 Å². The van der Waals surface area contributed by atoms with Crippen molar-refractivity contribution in [1.82, 2.24) is 15.2 Å². The van der Waals surface area contributed by atoms with Gasteiger partial charge in [0.25, 0.3) is 0 Å². The fourth-order valence-electron chi connectivity index (χ4n) is 2.75. The summed E-state index contributed by atoms with van der Waals surface area (Å²) in [6, 6.07) is 5.32. The van der Waals surface area contributed by atoms with E-state index in [1.807, 2.05) is 18.2 Å². The number of nitrogens with two attached hydrogens (primary N) is 1. The van der Waals surface area contributed by atoms with Gasteiger partial charge in [0.1, 0.15) is 6.04 Å². The van der Waals surface area contributed by atoms with Crippen molar-refractivity contribution in [2.45, 2.75) is 31.5 Å². The van der Waals surface area contributed by atoms with Crippen LogP contribution < -0.4 is 11.1 Å². The Labute approximate surface area is 125 Å². The maximum absolute atomic E-state index is 12.1. The normalized spacial score (nSPS) is 22.5. The van der Waals surface area contributed by atoms with E-state index >= 15 is 0 Å². The Balaban J connectivity index is 2.32. The Bertz CT molecular complexity index is 454. The van der Waals surface area contributed by atoms with E-state index < -0.39 is 0 Å². The first-order chi connectivity index (χ1) is 10.2. The molecule has 21 heavy (non-hydrogen) atoms. The van der Waals surface area contributed by atoms with Crippen LogP contribution in [0.1, 0.15) is 25.1 Å². The van der Waals surface area contributed by atoms with Gasteiger partial charge in [0.15, 0.2) is 0 Å². The minimum atomic E-state index is -0.326. The molecule has 1 aromatic heterocycles. The number of pyridine rings is 1. The van der Waals surface area contributed by atoms with Gasteiger partial charge in [0.05, 0.1) is 24.9 Å². The molecule has 1 fully saturated rings. The molecule has 1 saturated heterocycles. The summed E-state index contributed by atoms with van der Waals surface area (Å²) in [7, 11) is 1.64. The van der Waals surface area contributed by atoms with Crippen LogP contribution in [0.15, 0.2) is 24.4 Å². The molecule has 1 aromatic rings. The molecule has 116 valence electrons. The lowest BCUT2D eigenvalue weighted by atomic mass is 9.98. The lowest BCUT2D eigenvalue weighted by Gasteiger charge is -2.41. The molecule has 6 nitrogen and oxygen atoms in total. The van der Waals surface area contributed by atoms with Crippen molar-refractivity contribution >= 4 is 5.91 Å². The van der Waals surface area contributed by atoms with E-state index in [1.165, 1.54) is 0 Å². The molecule has 0 aliphatic carbocycles. The van der Waals surface area contributed by atoms with Gasteiger partial charge in [-0.2, -0.15) is 0 Å². The highest BCUT2D eigenvalue weighted by Crippen LogP contribution is 2.27. The van der Waals surface area contributed by atoms with Crippen molar-refractivity contribution in [1.29, 1.82) is 0 Å². The molecule has 0 bridgehead atoms. The Hall–Kier alpha value is -1.50. The zero-order valence-electron chi connectivity index (χ0n) is 12.7. The number of hydrogen-bond acceptors (Lipinski definition) is 5. The minimum Gasteiger partial charge on any atom is -0.378 e. The summed E-state index contributed by atoms with van der Waals surface area (Å²) in [6.07, 6.45) is 2.58. The smallest absolute Gasteiger partial charge is 0.239 e. The van der Waals surface area contributed by atoms with Crippen LogP contribution in [-0.4, -0.2) is 54.7 Å². The monoisotopic (exact) mass is 292 g/mol. The third-order valence-electron chi connectivity index (χ3n) is 3.94. The second-order valence-corrected chi connectivity index (χ2v) is 5.21. The average molecular weight is 292 g/mol. The number of nitrogens with one attached hydrogen (secondary N) is 1. The summed E-state index contributed by atoms with van der Waals surface area (Å²) in [6.45, 7) is 3.72. The second kappa shape index (κ2) is 7.49. The number of rotatable bonds is 5. The largest absolute Gasteiger partial charge is 0.378 e. The SMILES string of the molecule is CCC(N)C(c1ccccn1)N1CCOCC1C(=O)NC. The van der Waals surface area contributed by atoms with Crippen molar-refractivity contribution in [2.24, 2.45) is 5.73 Å². The van der Waals surface area contributed by atoms with Gasteiger partial charge < -0.3 is 15.8 Å². The number of ether oxygens (including phenoxy) is 1.